The van der Waals surface area contributed by atoms with E-state index in [4.69, 9.17) is 0 Å². The highest BCUT2D eigenvalue weighted by Gasteiger charge is 2.24. The first-order valence-corrected chi connectivity index (χ1v) is 10.4. The van der Waals surface area contributed by atoms with Crippen molar-refractivity contribution in [3.63, 3.8) is 0 Å². The van der Waals surface area contributed by atoms with Crippen LogP contribution in [0.3, 0.4) is 0 Å². The normalized spacial score (nSPS) is 16.1. The predicted octanol–water partition coefficient (Wildman–Crippen LogP) is 3.77. The third-order valence-corrected chi connectivity index (χ3v) is 6.28. The number of amides is 1. The number of aromatic amines is 1. The minimum atomic E-state index is 0.0485. The molecular formula is C20H25N5OS. The van der Waals surface area contributed by atoms with E-state index in [9.17, 15) is 4.79 Å². The molecule has 1 amide bonds. The number of thiazole rings is 1. The van der Waals surface area contributed by atoms with Crippen LogP contribution in [0.15, 0.2) is 29.9 Å². The lowest BCUT2D eigenvalue weighted by atomic mass is 9.89. The van der Waals surface area contributed by atoms with E-state index in [0.29, 0.717) is 12.5 Å². The summed E-state index contributed by atoms with van der Waals surface area (Å²) in [6.07, 6.45) is 6.26. The van der Waals surface area contributed by atoms with Crippen LogP contribution in [-0.4, -0.2) is 45.4 Å². The van der Waals surface area contributed by atoms with Crippen molar-refractivity contribution in [1.82, 2.24) is 19.9 Å². The molecule has 6 nitrogen and oxygen atoms in total. The zero-order valence-corrected chi connectivity index (χ0v) is 16.6. The first kappa shape index (κ1) is 18.1. The zero-order valence-electron chi connectivity index (χ0n) is 15.8. The van der Waals surface area contributed by atoms with Gasteiger partial charge in [-0.25, -0.2) is 9.97 Å². The maximum absolute atomic E-state index is 11.7. The molecule has 4 heterocycles. The van der Waals surface area contributed by atoms with Crippen LogP contribution in [0.1, 0.15) is 43.9 Å². The number of nitrogens with one attached hydrogen (secondary N) is 1. The predicted molar refractivity (Wildman–Crippen MR) is 109 cm³/mol. The lowest BCUT2D eigenvalue weighted by Gasteiger charge is -2.31. The topological polar surface area (TPSA) is 65.1 Å². The monoisotopic (exact) mass is 383 g/mol. The number of nitrogens with zero attached hydrogens (tertiary/aromatic N) is 4. The maximum atomic E-state index is 11.7. The highest BCUT2D eigenvalue weighted by molar-refractivity contribution is 7.14. The van der Waals surface area contributed by atoms with Gasteiger partial charge in [-0.3, -0.25) is 14.6 Å². The summed E-state index contributed by atoms with van der Waals surface area (Å²) in [6.45, 7) is 7.22. The van der Waals surface area contributed by atoms with Crippen molar-refractivity contribution in [3.05, 3.63) is 41.2 Å². The summed E-state index contributed by atoms with van der Waals surface area (Å²) in [7, 11) is 0. The van der Waals surface area contributed by atoms with Crippen LogP contribution >= 0.6 is 11.3 Å². The van der Waals surface area contributed by atoms with Crippen LogP contribution in [0.4, 0.5) is 5.13 Å². The van der Waals surface area contributed by atoms with Gasteiger partial charge in [-0.1, -0.05) is 0 Å². The minimum absolute atomic E-state index is 0.0485. The maximum Gasteiger partial charge on any atom is 0.225 e. The van der Waals surface area contributed by atoms with Crippen LogP contribution in [0, 0.1) is 0 Å². The van der Waals surface area contributed by atoms with Gasteiger partial charge in [0.25, 0.3) is 0 Å². The van der Waals surface area contributed by atoms with Crippen LogP contribution < -0.4 is 4.90 Å². The Morgan fingerprint density at radius 3 is 2.96 bits per heavy atom. The average Bonchev–Trinajstić information content (AvgIpc) is 3.30. The molecule has 1 aliphatic rings. The molecule has 27 heavy (non-hydrogen) atoms. The van der Waals surface area contributed by atoms with Gasteiger partial charge in [-0.15, -0.1) is 11.3 Å². The molecular weight excluding hydrogens is 358 g/mol. The summed E-state index contributed by atoms with van der Waals surface area (Å²) in [6, 6.07) is 4.17. The number of H-pyrrole nitrogens is 1. The second-order valence-corrected chi connectivity index (χ2v) is 7.92. The van der Waals surface area contributed by atoms with Gasteiger partial charge < -0.3 is 4.98 Å². The molecule has 4 rings (SSSR count). The second-order valence-electron chi connectivity index (χ2n) is 7.08. The number of anilines is 1. The summed E-state index contributed by atoms with van der Waals surface area (Å²) < 4.78 is 0. The molecule has 1 fully saturated rings. The number of hydrogen-bond donors (Lipinski definition) is 1. The molecule has 0 radical (unpaired) electrons. The van der Waals surface area contributed by atoms with Crippen molar-refractivity contribution in [2.45, 2.75) is 39.2 Å². The van der Waals surface area contributed by atoms with Gasteiger partial charge in [-0.2, -0.15) is 0 Å². The molecule has 0 aromatic carbocycles. The fourth-order valence-corrected chi connectivity index (χ4v) is 4.86. The third-order valence-electron chi connectivity index (χ3n) is 5.36. The Labute approximate surface area is 163 Å². The lowest BCUT2D eigenvalue weighted by molar-refractivity contribution is -0.116. The molecule has 0 atom stereocenters. The van der Waals surface area contributed by atoms with Crippen LogP contribution in [-0.2, 0) is 11.3 Å². The van der Waals surface area contributed by atoms with Gasteiger partial charge in [-0.05, 0) is 56.5 Å². The van der Waals surface area contributed by atoms with Gasteiger partial charge in [0, 0.05) is 43.2 Å². The van der Waals surface area contributed by atoms with Crippen molar-refractivity contribution >= 4 is 33.4 Å². The van der Waals surface area contributed by atoms with Crippen molar-refractivity contribution in [1.29, 1.82) is 0 Å². The molecule has 0 spiro atoms. The van der Waals surface area contributed by atoms with E-state index in [0.717, 1.165) is 48.9 Å². The Morgan fingerprint density at radius 2 is 2.22 bits per heavy atom. The van der Waals surface area contributed by atoms with Crippen LogP contribution in [0.25, 0.3) is 11.0 Å². The number of carbonyl (C=O) groups is 1. The first-order chi connectivity index (χ1) is 13.2. The van der Waals surface area contributed by atoms with E-state index < -0.39 is 0 Å². The lowest BCUT2D eigenvalue weighted by Crippen LogP contribution is -2.32. The average molecular weight is 384 g/mol. The van der Waals surface area contributed by atoms with Gasteiger partial charge in [0.1, 0.15) is 5.65 Å². The minimum Gasteiger partial charge on any atom is -0.346 e. The molecule has 1 N–H and O–H groups in total. The van der Waals surface area contributed by atoms with Crippen molar-refractivity contribution in [3.8, 4) is 0 Å². The van der Waals surface area contributed by atoms with E-state index in [2.05, 4.69) is 37.5 Å². The number of piperidine rings is 1. The fourth-order valence-electron chi connectivity index (χ4n) is 3.93. The molecule has 1 saturated heterocycles. The second kappa shape index (κ2) is 7.78. The van der Waals surface area contributed by atoms with E-state index in [1.165, 1.54) is 10.9 Å². The van der Waals surface area contributed by atoms with Crippen LogP contribution in [0.2, 0.25) is 0 Å². The SMILES string of the molecule is CCN(C(C)=O)c1nc(CN2CCC(c3c[nH]c4ncccc34)CC2)cs1. The molecule has 3 aromatic heterocycles. The highest BCUT2D eigenvalue weighted by atomic mass is 32.1. The summed E-state index contributed by atoms with van der Waals surface area (Å²) in [4.78, 5) is 28.3. The number of carbonyl (C=O) groups excluding carboxylic acids is 1. The van der Waals surface area contributed by atoms with Crippen molar-refractivity contribution in [2.75, 3.05) is 24.5 Å². The number of likely N-dealkylation sites (tertiary alicyclic amines) is 1. The Balaban J connectivity index is 1.37. The van der Waals surface area contributed by atoms with Gasteiger partial charge in [0.05, 0.1) is 5.69 Å². The summed E-state index contributed by atoms with van der Waals surface area (Å²) in [5.74, 6) is 0.630. The molecule has 0 saturated carbocycles. The van der Waals surface area contributed by atoms with Gasteiger partial charge in [0.2, 0.25) is 5.91 Å². The zero-order chi connectivity index (χ0) is 18.8. The van der Waals surface area contributed by atoms with Crippen molar-refractivity contribution in [2.24, 2.45) is 0 Å². The number of fused-ring (bicyclic) bond motifs is 1. The smallest absolute Gasteiger partial charge is 0.225 e. The number of aromatic nitrogens is 3. The Kier molecular flexibility index (Phi) is 5.22. The molecule has 0 aliphatic carbocycles. The third kappa shape index (κ3) is 3.75. The molecule has 7 heteroatoms. The molecule has 0 unspecified atom stereocenters. The van der Waals surface area contributed by atoms with E-state index in [1.807, 2.05) is 19.2 Å². The molecule has 142 valence electrons. The summed E-state index contributed by atoms with van der Waals surface area (Å²) >= 11 is 1.56. The van der Waals surface area contributed by atoms with Gasteiger partial charge in [0.15, 0.2) is 5.13 Å². The number of pyridine rings is 1. The summed E-state index contributed by atoms with van der Waals surface area (Å²) in [5, 5.41) is 4.14. The molecule has 0 bridgehead atoms. The van der Waals surface area contributed by atoms with Crippen LogP contribution in [0.5, 0.6) is 0 Å². The van der Waals surface area contributed by atoms with E-state index >= 15 is 0 Å². The van der Waals surface area contributed by atoms with E-state index in [1.54, 1.807) is 23.2 Å². The Hall–Kier alpha value is -2.25. The van der Waals surface area contributed by atoms with Crippen molar-refractivity contribution < 1.29 is 4.79 Å². The fraction of sp³-hybridized carbons (Fsp3) is 0.450. The molecule has 1 aliphatic heterocycles. The quantitative estimate of drug-likeness (QED) is 0.728. The van der Waals surface area contributed by atoms with E-state index in [-0.39, 0.29) is 5.91 Å². The molecule has 3 aromatic rings. The Bertz CT molecular complexity index is 925. The highest BCUT2D eigenvalue weighted by Crippen LogP contribution is 2.33. The number of hydrogen-bond acceptors (Lipinski definition) is 5. The number of rotatable bonds is 5. The standard InChI is InChI=1S/C20H25N5OS/c1-3-25(14(2)26)20-23-16(13-27-20)12-24-9-6-15(7-10-24)18-11-22-19-17(18)5-4-8-21-19/h4-5,8,11,13,15H,3,6-7,9-10,12H2,1-2H3,(H,21,22). The van der Waals surface area contributed by atoms with Gasteiger partial charge >= 0.3 is 0 Å². The largest absolute Gasteiger partial charge is 0.346 e. The first-order valence-electron chi connectivity index (χ1n) is 9.52. The Morgan fingerprint density at radius 1 is 1.41 bits per heavy atom. The summed E-state index contributed by atoms with van der Waals surface area (Å²) in [5.41, 5.74) is 3.44.